The lowest BCUT2D eigenvalue weighted by atomic mass is 9.93. The summed E-state index contributed by atoms with van der Waals surface area (Å²) in [5.41, 5.74) is 0.382. The number of thiophene rings is 1. The van der Waals surface area contributed by atoms with E-state index >= 15 is 0 Å². The van der Waals surface area contributed by atoms with E-state index in [0.717, 1.165) is 25.1 Å². The molecule has 0 amide bonds. The van der Waals surface area contributed by atoms with Crippen LogP contribution in [-0.4, -0.2) is 18.2 Å². The van der Waals surface area contributed by atoms with Crippen molar-refractivity contribution < 1.29 is 5.11 Å². The van der Waals surface area contributed by atoms with E-state index < -0.39 is 5.60 Å². The number of hydrogen-bond donors (Lipinski definition) is 2. The highest BCUT2D eigenvalue weighted by atomic mass is 32.1. The fraction of sp³-hybridized carbons (Fsp3) is 0.636. The third kappa shape index (κ3) is 2.80. The molecule has 1 rings (SSSR count). The Morgan fingerprint density at radius 2 is 2.29 bits per heavy atom. The predicted molar refractivity (Wildman–Crippen MR) is 61.8 cm³/mol. The molecule has 3 heteroatoms. The highest BCUT2D eigenvalue weighted by Crippen LogP contribution is 2.29. The Morgan fingerprint density at radius 1 is 1.57 bits per heavy atom. The molecule has 1 aromatic rings. The first kappa shape index (κ1) is 11.7. The molecule has 0 fully saturated rings. The van der Waals surface area contributed by atoms with Crippen LogP contribution >= 0.6 is 11.3 Å². The highest BCUT2D eigenvalue weighted by molar-refractivity contribution is 7.10. The van der Waals surface area contributed by atoms with Crippen LogP contribution in [-0.2, 0) is 5.60 Å². The Bertz CT molecular complexity index is 281. The van der Waals surface area contributed by atoms with Crippen molar-refractivity contribution in [3.05, 3.63) is 21.9 Å². The van der Waals surface area contributed by atoms with Gasteiger partial charge in [0, 0.05) is 4.88 Å². The zero-order chi connectivity index (χ0) is 10.6. The van der Waals surface area contributed by atoms with E-state index in [4.69, 9.17) is 0 Å². The van der Waals surface area contributed by atoms with Crippen molar-refractivity contribution in [2.24, 2.45) is 0 Å². The molecule has 1 aromatic heterocycles. The van der Waals surface area contributed by atoms with Crippen molar-refractivity contribution in [1.82, 2.24) is 5.32 Å². The normalized spacial score (nSPS) is 15.4. The minimum atomic E-state index is -0.688. The molecule has 1 unspecified atom stereocenters. The summed E-state index contributed by atoms with van der Waals surface area (Å²) in [6.45, 7) is 7.84. The zero-order valence-corrected chi connectivity index (χ0v) is 9.95. The minimum absolute atomic E-state index is 0.688. The predicted octanol–water partition coefficient (Wildman–Crippen LogP) is 2.26. The fourth-order valence-electron chi connectivity index (χ4n) is 1.59. The number of nitrogens with one attached hydrogen (secondary N) is 1. The van der Waals surface area contributed by atoms with Gasteiger partial charge in [-0.25, -0.2) is 0 Å². The molecule has 0 aliphatic rings. The molecule has 0 bridgehead atoms. The van der Waals surface area contributed by atoms with Crippen LogP contribution in [0.3, 0.4) is 0 Å². The SMILES string of the molecule is CCNCCC(C)(O)c1ccsc1C. The van der Waals surface area contributed by atoms with E-state index in [9.17, 15) is 5.11 Å². The van der Waals surface area contributed by atoms with E-state index in [0.29, 0.717) is 0 Å². The summed E-state index contributed by atoms with van der Waals surface area (Å²) in [6.07, 6.45) is 0.762. The Morgan fingerprint density at radius 3 is 2.79 bits per heavy atom. The van der Waals surface area contributed by atoms with Crippen molar-refractivity contribution in [2.45, 2.75) is 32.8 Å². The van der Waals surface area contributed by atoms with Gasteiger partial charge in [-0.2, -0.15) is 0 Å². The van der Waals surface area contributed by atoms with Gasteiger partial charge in [-0.05, 0) is 50.4 Å². The molecular formula is C11H19NOS. The molecule has 0 saturated heterocycles. The van der Waals surface area contributed by atoms with Crippen molar-refractivity contribution in [1.29, 1.82) is 0 Å². The lowest BCUT2D eigenvalue weighted by Gasteiger charge is -2.23. The Balaban J connectivity index is 2.61. The maximum atomic E-state index is 10.2. The molecule has 2 nitrogen and oxygen atoms in total. The lowest BCUT2D eigenvalue weighted by Crippen LogP contribution is -2.27. The molecule has 0 radical (unpaired) electrons. The second kappa shape index (κ2) is 4.91. The molecule has 0 aromatic carbocycles. The Labute approximate surface area is 90.0 Å². The molecule has 0 saturated carbocycles. The maximum Gasteiger partial charge on any atom is 0.0891 e. The van der Waals surface area contributed by atoms with E-state index in [2.05, 4.69) is 19.2 Å². The Hall–Kier alpha value is -0.380. The summed E-state index contributed by atoms with van der Waals surface area (Å²) < 4.78 is 0. The summed E-state index contributed by atoms with van der Waals surface area (Å²) in [5, 5.41) is 15.5. The van der Waals surface area contributed by atoms with Gasteiger partial charge in [-0.1, -0.05) is 6.92 Å². The quantitative estimate of drug-likeness (QED) is 0.735. The Kier molecular flexibility index (Phi) is 4.11. The van der Waals surface area contributed by atoms with E-state index in [1.54, 1.807) is 11.3 Å². The molecule has 0 spiro atoms. The van der Waals surface area contributed by atoms with E-state index in [-0.39, 0.29) is 0 Å². The summed E-state index contributed by atoms with van der Waals surface area (Å²) in [5.74, 6) is 0. The minimum Gasteiger partial charge on any atom is -0.385 e. The summed E-state index contributed by atoms with van der Waals surface area (Å²) in [4.78, 5) is 1.21. The van der Waals surface area contributed by atoms with Gasteiger partial charge < -0.3 is 10.4 Å². The van der Waals surface area contributed by atoms with Crippen LogP contribution in [0.5, 0.6) is 0 Å². The maximum absolute atomic E-state index is 10.2. The van der Waals surface area contributed by atoms with Gasteiger partial charge in [-0.3, -0.25) is 0 Å². The highest BCUT2D eigenvalue weighted by Gasteiger charge is 2.24. The molecular weight excluding hydrogens is 194 g/mol. The van der Waals surface area contributed by atoms with Crippen molar-refractivity contribution >= 4 is 11.3 Å². The van der Waals surface area contributed by atoms with Crippen LogP contribution in [0, 0.1) is 6.92 Å². The third-order valence-electron chi connectivity index (χ3n) is 2.48. The molecule has 1 heterocycles. The first-order valence-corrected chi connectivity index (χ1v) is 5.93. The van der Waals surface area contributed by atoms with Crippen LogP contribution in [0.15, 0.2) is 11.4 Å². The topological polar surface area (TPSA) is 32.3 Å². The summed E-state index contributed by atoms with van der Waals surface area (Å²) >= 11 is 1.69. The molecule has 14 heavy (non-hydrogen) atoms. The third-order valence-corrected chi connectivity index (χ3v) is 3.32. The van der Waals surface area contributed by atoms with Gasteiger partial charge >= 0.3 is 0 Å². The number of rotatable bonds is 5. The van der Waals surface area contributed by atoms with Gasteiger partial charge in [0.1, 0.15) is 0 Å². The van der Waals surface area contributed by atoms with Crippen LogP contribution in [0.25, 0.3) is 0 Å². The monoisotopic (exact) mass is 213 g/mol. The second-order valence-corrected chi connectivity index (χ2v) is 4.89. The molecule has 0 aliphatic carbocycles. The van der Waals surface area contributed by atoms with Gasteiger partial charge in [0.05, 0.1) is 5.60 Å². The zero-order valence-electron chi connectivity index (χ0n) is 9.13. The smallest absolute Gasteiger partial charge is 0.0891 e. The first-order chi connectivity index (χ1) is 6.58. The van der Waals surface area contributed by atoms with Gasteiger partial charge in [0.25, 0.3) is 0 Å². The van der Waals surface area contributed by atoms with E-state index in [1.807, 2.05) is 18.4 Å². The fourth-order valence-corrected chi connectivity index (χ4v) is 2.41. The average Bonchev–Trinajstić information content (AvgIpc) is 2.52. The standard InChI is InChI=1S/C11H19NOS/c1-4-12-7-6-11(3,13)10-5-8-14-9(10)2/h5,8,12-13H,4,6-7H2,1-3H3. The van der Waals surface area contributed by atoms with Gasteiger partial charge in [-0.15, -0.1) is 11.3 Å². The van der Waals surface area contributed by atoms with Crippen molar-refractivity contribution in [2.75, 3.05) is 13.1 Å². The molecule has 0 aliphatic heterocycles. The number of hydrogen-bond acceptors (Lipinski definition) is 3. The molecule has 2 N–H and O–H groups in total. The van der Waals surface area contributed by atoms with Crippen LogP contribution in [0.2, 0.25) is 0 Å². The summed E-state index contributed by atoms with van der Waals surface area (Å²) in [6, 6.07) is 2.02. The number of aliphatic hydroxyl groups is 1. The van der Waals surface area contributed by atoms with Gasteiger partial charge in [0.15, 0.2) is 0 Å². The summed E-state index contributed by atoms with van der Waals surface area (Å²) in [7, 11) is 0. The molecule has 1 atom stereocenters. The number of aryl methyl sites for hydroxylation is 1. The van der Waals surface area contributed by atoms with Crippen LogP contribution in [0.1, 0.15) is 30.7 Å². The van der Waals surface area contributed by atoms with Gasteiger partial charge in [0.2, 0.25) is 0 Å². The first-order valence-electron chi connectivity index (χ1n) is 5.05. The second-order valence-electron chi connectivity index (χ2n) is 3.77. The van der Waals surface area contributed by atoms with E-state index in [1.165, 1.54) is 4.88 Å². The molecule has 80 valence electrons. The van der Waals surface area contributed by atoms with Crippen molar-refractivity contribution in [3.63, 3.8) is 0 Å². The van der Waals surface area contributed by atoms with Crippen LogP contribution < -0.4 is 5.32 Å². The lowest BCUT2D eigenvalue weighted by molar-refractivity contribution is 0.0480. The largest absolute Gasteiger partial charge is 0.385 e. The average molecular weight is 213 g/mol. The van der Waals surface area contributed by atoms with Crippen molar-refractivity contribution in [3.8, 4) is 0 Å². The van der Waals surface area contributed by atoms with Crippen LogP contribution in [0.4, 0.5) is 0 Å².